The lowest BCUT2D eigenvalue weighted by Gasteiger charge is -2.15. The number of hydrogen-bond acceptors (Lipinski definition) is 7. The molecule has 208 valence electrons. The van der Waals surface area contributed by atoms with Gasteiger partial charge in [0.15, 0.2) is 5.82 Å². The third kappa shape index (κ3) is 7.84. The number of sulfonamides is 1. The number of nitrogens with one attached hydrogen (secondary N) is 3. The normalized spacial score (nSPS) is 12.6. The van der Waals surface area contributed by atoms with E-state index < -0.39 is 22.5 Å². The van der Waals surface area contributed by atoms with Crippen LogP contribution in [0.3, 0.4) is 0 Å². The minimum atomic E-state index is -4.64. The van der Waals surface area contributed by atoms with Crippen molar-refractivity contribution >= 4 is 68.3 Å². The molecule has 40 heavy (non-hydrogen) atoms. The second-order valence-electron chi connectivity index (χ2n) is 8.43. The van der Waals surface area contributed by atoms with E-state index in [9.17, 15) is 21.6 Å². The number of benzene rings is 3. The molecule has 4 aromatic rings. The SMILES string of the molecule is O=CC(F)(F)F.O=S(=O)(Nc1ccc2cc1CCc1cccc(c1)Nc1ncc(Cl)c(n1)N2)c1ccc(Cl)cc1. The first kappa shape index (κ1) is 29.1. The van der Waals surface area contributed by atoms with Gasteiger partial charge in [0.2, 0.25) is 12.2 Å². The molecule has 0 spiro atoms. The number of aromatic nitrogens is 2. The Morgan fingerprint density at radius 1 is 0.925 bits per heavy atom. The van der Waals surface area contributed by atoms with Gasteiger partial charge in [0, 0.05) is 16.4 Å². The minimum Gasteiger partial charge on any atom is -0.339 e. The summed E-state index contributed by atoms with van der Waals surface area (Å²) in [5.74, 6) is 0.853. The van der Waals surface area contributed by atoms with E-state index in [1.54, 1.807) is 24.3 Å². The second-order valence-corrected chi connectivity index (χ2v) is 11.0. The fourth-order valence-electron chi connectivity index (χ4n) is 3.66. The molecule has 0 unspecified atom stereocenters. The highest BCUT2D eigenvalue weighted by atomic mass is 35.5. The maximum absolute atomic E-state index is 13.0. The number of carbonyl (C=O) groups excluding carboxylic acids is 1. The van der Waals surface area contributed by atoms with Crippen LogP contribution in [0, 0.1) is 0 Å². The van der Waals surface area contributed by atoms with Crippen LogP contribution in [0.4, 0.5) is 42.0 Å². The first-order chi connectivity index (χ1) is 18.9. The van der Waals surface area contributed by atoms with E-state index in [-0.39, 0.29) is 4.90 Å². The van der Waals surface area contributed by atoms with E-state index in [1.165, 1.54) is 18.3 Å². The van der Waals surface area contributed by atoms with Gasteiger partial charge in [-0.05, 0) is 78.6 Å². The predicted octanol–water partition coefficient (Wildman–Crippen LogP) is 6.92. The van der Waals surface area contributed by atoms with Crippen LogP contribution in [-0.4, -0.2) is 30.8 Å². The molecule has 3 aromatic carbocycles. The van der Waals surface area contributed by atoms with E-state index in [0.29, 0.717) is 40.3 Å². The summed E-state index contributed by atoms with van der Waals surface area (Å²) in [7, 11) is -3.79. The molecule has 6 bridgehead atoms. The van der Waals surface area contributed by atoms with E-state index in [1.807, 2.05) is 30.3 Å². The molecule has 1 aliphatic rings. The highest BCUT2D eigenvalue weighted by Gasteiger charge is 2.25. The van der Waals surface area contributed by atoms with Crippen LogP contribution < -0.4 is 15.4 Å². The molecule has 0 saturated heterocycles. The maximum Gasteiger partial charge on any atom is 0.446 e. The van der Waals surface area contributed by atoms with Gasteiger partial charge < -0.3 is 10.6 Å². The van der Waals surface area contributed by atoms with Gasteiger partial charge in [-0.25, -0.2) is 13.4 Å². The van der Waals surface area contributed by atoms with Crippen molar-refractivity contribution in [2.24, 2.45) is 0 Å². The Balaban J connectivity index is 0.000000557. The molecule has 2 heterocycles. The van der Waals surface area contributed by atoms with Gasteiger partial charge in [-0.1, -0.05) is 35.3 Å². The number of anilines is 5. The molecule has 0 radical (unpaired) electrons. The topological polar surface area (TPSA) is 113 Å². The van der Waals surface area contributed by atoms with Gasteiger partial charge in [0.1, 0.15) is 5.02 Å². The van der Waals surface area contributed by atoms with E-state index in [2.05, 4.69) is 25.3 Å². The summed E-state index contributed by atoms with van der Waals surface area (Å²) in [6.07, 6.45) is -2.87. The molecule has 3 N–H and O–H groups in total. The quantitative estimate of drug-likeness (QED) is 0.216. The highest BCUT2D eigenvalue weighted by molar-refractivity contribution is 7.92. The van der Waals surface area contributed by atoms with Crippen molar-refractivity contribution in [2.75, 3.05) is 15.4 Å². The lowest BCUT2D eigenvalue weighted by Crippen LogP contribution is -2.14. The molecular formula is C26H20Cl2F3N5O3S. The summed E-state index contributed by atoms with van der Waals surface area (Å²) in [5, 5.41) is 7.24. The van der Waals surface area contributed by atoms with Crippen LogP contribution in [0.2, 0.25) is 10.0 Å². The molecule has 1 aliphatic heterocycles. The zero-order valence-corrected chi connectivity index (χ0v) is 22.7. The zero-order valence-electron chi connectivity index (χ0n) is 20.3. The Bertz CT molecular complexity index is 1640. The Morgan fingerprint density at radius 3 is 2.33 bits per heavy atom. The van der Waals surface area contributed by atoms with Crippen molar-refractivity contribution in [3.05, 3.63) is 94.1 Å². The molecule has 5 rings (SSSR count). The largest absolute Gasteiger partial charge is 0.446 e. The monoisotopic (exact) mass is 609 g/mol. The van der Waals surface area contributed by atoms with Crippen LogP contribution in [0.15, 0.2) is 77.8 Å². The number of alkyl halides is 3. The third-order valence-corrected chi connectivity index (χ3v) is 7.39. The summed E-state index contributed by atoms with van der Waals surface area (Å²) in [6.45, 7) is 0. The Morgan fingerprint density at radius 2 is 1.62 bits per heavy atom. The lowest BCUT2D eigenvalue weighted by atomic mass is 10.0. The number of fused-ring (bicyclic) bond motifs is 6. The van der Waals surface area contributed by atoms with Crippen LogP contribution in [0.5, 0.6) is 0 Å². The molecular weight excluding hydrogens is 590 g/mol. The van der Waals surface area contributed by atoms with Crippen LogP contribution in [-0.2, 0) is 27.7 Å². The molecule has 8 nitrogen and oxygen atoms in total. The molecule has 0 amide bonds. The average Bonchev–Trinajstić information content (AvgIpc) is 2.91. The number of carbonyl (C=O) groups is 1. The molecule has 0 aliphatic carbocycles. The number of hydrogen-bond donors (Lipinski definition) is 3. The summed E-state index contributed by atoms with van der Waals surface area (Å²) >= 11 is 12.2. The molecule has 0 atom stereocenters. The van der Waals surface area contributed by atoms with Gasteiger partial charge >= 0.3 is 6.18 Å². The average molecular weight is 610 g/mol. The second kappa shape index (κ2) is 12.1. The number of aldehydes is 1. The fraction of sp³-hybridized carbons (Fsp3) is 0.115. The number of aryl methyl sites for hydroxylation is 2. The molecule has 14 heteroatoms. The van der Waals surface area contributed by atoms with Crippen molar-refractivity contribution in [1.29, 1.82) is 0 Å². The number of nitrogens with zero attached hydrogens (tertiary/aromatic N) is 2. The third-order valence-electron chi connectivity index (χ3n) is 5.48. The first-order valence-corrected chi connectivity index (χ1v) is 13.8. The van der Waals surface area contributed by atoms with Crippen LogP contribution in [0.1, 0.15) is 11.1 Å². The molecule has 0 fully saturated rings. The summed E-state index contributed by atoms with van der Waals surface area (Å²) < 4.78 is 60.0. The van der Waals surface area contributed by atoms with Crippen LogP contribution >= 0.6 is 23.2 Å². The summed E-state index contributed by atoms with van der Waals surface area (Å²) in [4.78, 5) is 17.6. The lowest BCUT2D eigenvalue weighted by molar-refractivity contribution is -0.156. The van der Waals surface area contributed by atoms with Gasteiger partial charge in [-0.2, -0.15) is 18.2 Å². The van der Waals surface area contributed by atoms with Gasteiger partial charge in [-0.3, -0.25) is 9.52 Å². The number of rotatable bonds is 3. The van der Waals surface area contributed by atoms with Crippen molar-refractivity contribution in [1.82, 2.24) is 9.97 Å². The summed E-state index contributed by atoms with van der Waals surface area (Å²) in [6, 6.07) is 19.4. The van der Waals surface area contributed by atoms with E-state index in [4.69, 9.17) is 28.0 Å². The smallest absolute Gasteiger partial charge is 0.339 e. The fourth-order valence-corrected chi connectivity index (χ4v) is 5.02. The van der Waals surface area contributed by atoms with Crippen molar-refractivity contribution in [2.45, 2.75) is 23.9 Å². The minimum absolute atomic E-state index is 0.134. The number of halogens is 5. The standard InChI is InChI=1S/C24H19Cl2N5O2S.C2HF3O/c25-17-6-9-20(10-7-17)34(32,33)31-22-11-8-19-13-16(22)5-4-15-2-1-3-18(12-15)29-24-27-14-21(26)23(28-19)30-24;3-2(4,5)1-6/h1-3,6-14,31H,4-5H2,(H2,27,28,29,30);1H. The molecule has 1 aromatic heterocycles. The van der Waals surface area contributed by atoms with Crippen LogP contribution in [0.25, 0.3) is 0 Å². The predicted molar refractivity (Wildman–Crippen MR) is 148 cm³/mol. The van der Waals surface area contributed by atoms with Crippen molar-refractivity contribution < 1.29 is 26.4 Å². The van der Waals surface area contributed by atoms with Crippen molar-refractivity contribution in [3.8, 4) is 0 Å². The highest BCUT2D eigenvalue weighted by Crippen LogP contribution is 2.30. The Hall–Kier alpha value is -3.87. The van der Waals surface area contributed by atoms with Gasteiger partial charge in [0.05, 0.1) is 16.8 Å². The van der Waals surface area contributed by atoms with Gasteiger partial charge in [0.25, 0.3) is 10.0 Å². The summed E-state index contributed by atoms with van der Waals surface area (Å²) in [5.41, 5.74) is 3.98. The van der Waals surface area contributed by atoms with E-state index in [0.717, 1.165) is 22.5 Å². The van der Waals surface area contributed by atoms with Crippen molar-refractivity contribution in [3.63, 3.8) is 0 Å². The maximum atomic E-state index is 13.0. The Kier molecular flexibility index (Phi) is 8.82. The van der Waals surface area contributed by atoms with E-state index >= 15 is 0 Å². The Labute approximate surface area is 237 Å². The first-order valence-electron chi connectivity index (χ1n) is 11.5. The zero-order chi connectivity index (χ0) is 28.9. The van der Waals surface area contributed by atoms with Gasteiger partial charge in [-0.15, -0.1) is 0 Å². The molecule has 0 saturated carbocycles.